The Labute approximate surface area is 89.5 Å². The van der Waals surface area contributed by atoms with E-state index in [1.807, 2.05) is 11.3 Å². The highest BCUT2D eigenvalue weighted by Gasteiger charge is 2.20. The number of nitrogens with one attached hydrogen (secondary N) is 1. The van der Waals surface area contributed by atoms with Gasteiger partial charge in [0.2, 0.25) is 0 Å². The fourth-order valence-corrected chi connectivity index (χ4v) is 2.77. The Morgan fingerprint density at radius 2 is 2.43 bits per heavy atom. The van der Waals surface area contributed by atoms with Gasteiger partial charge in [0.05, 0.1) is 0 Å². The van der Waals surface area contributed by atoms with Gasteiger partial charge in [-0.05, 0) is 37.1 Å². The Kier molecular flexibility index (Phi) is 3.56. The van der Waals surface area contributed by atoms with Gasteiger partial charge in [-0.2, -0.15) is 0 Å². The van der Waals surface area contributed by atoms with Gasteiger partial charge in [0.15, 0.2) is 0 Å². The molecule has 1 aromatic heterocycles. The summed E-state index contributed by atoms with van der Waals surface area (Å²) in [5.74, 6) is 0. The predicted molar refractivity (Wildman–Crippen MR) is 61.6 cm³/mol. The van der Waals surface area contributed by atoms with Crippen LogP contribution in [0, 0.1) is 0 Å². The van der Waals surface area contributed by atoms with Gasteiger partial charge in [-0.3, -0.25) is 0 Å². The van der Waals surface area contributed by atoms with Gasteiger partial charge >= 0.3 is 0 Å². The van der Waals surface area contributed by atoms with Crippen molar-refractivity contribution in [1.29, 1.82) is 0 Å². The lowest BCUT2D eigenvalue weighted by Gasteiger charge is -2.11. The summed E-state index contributed by atoms with van der Waals surface area (Å²) >= 11 is 1.84. The van der Waals surface area contributed by atoms with E-state index in [0.717, 1.165) is 19.4 Å². The Balaban J connectivity index is 1.64. The summed E-state index contributed by atoms with van der Waals surface area (Å²) in [7, 11) is 0. The molecule has 0 bridgehead atoms. The van der Waals surface area contributed by atoms with Crippen molar-refractivity contribution in [2.75, 3.05) is 6.54 Å². The third kappa shape index (κ3) is 2.80. The number of nitrogens with two attached hydrogens (primary N) is 1. The second-order valence-electron chi connectivity index (χ2n) is 4.05. The molecular formula is C11H18N2S. The van der Waals surface area contributed by atoms with Crippen LogP contribution < -0.4 is 11.1 Å². The summed E-state index contributed by atoms with van der Waals surface area (Å²) in [4.78, 5) is 1.47. The van der Waals surface area contributed by atoms with Crippen LogP contribution in [0.5, 0.6) is 0 Å². The second kappa shape index (κ2) is 4.91. The molecule has 1 fully saturated rings. The van der Waals surface area contributed by atoms with E-state index < -0.39 is 0 Å². The molecule has 3 N–H and O–H groups in total. The van der Waals surface area contributed by atoms with Crippen molar-refractivity contribution in [2.24, 2.45) is 5.73 Å². The van der Waals surface area contributed by atoms with Gasteiger partial charge in [0.1, 0.15) is 0 Å². The molecule has 0 amide bonds. The molecule has 2 unspecified atom stereocenters. The van der Waals surface area contributed by atoms with E-state index in [1.54, 1.807) is 0 Å². The zero-order chi connectivity index (χ0) is 9.80. The normalized spacial score (nSPS) is 26.9. The number of thiophene rings is 1. The Morgan fingerprint density at radius 1 is 1.50 bits per heavy atom. The zero-order valence-electron chi connectivity index (χ0n) is 8.41. The summed E-state index contributed by atoms with van der Waals surface area (Å²) in [6.45, 7) is 1.10. The highest BCUT2D eigenvalue weighted by molar-refractivity contribution is 7.09. The molecular weight excluding hydrogens is 192 g/mol. The van der Waals surface area contributed by atoms with Crippen molar-refractivity contribution in [3.8, 4) is 0 Å². The van der Waals surface area contributed by atoms with Crippen molar-refractivity contribution >= 4 is 11.3 Å². The molecule has 78 valence electrons. The first-order chi connectivity index (χ1) is 6.84. The van der Waals surface area contributed by atoms with Crippen LogP contribution >= 0.6 is 11.3 Å². The fraction of sp³-hybridized carbons (Fsp3) is 0.636. The van der Waals surface area contributed by atoms with Crippen LogP contribution in [0.25, 0.3) is 0 Å². The van der Waals surface area contributed by atoms with Gasteiger partial charge < -0.3 is 11.1 Å². The minimum Gasteiger partial charge on any atom is -0.328 e. The molecule has 0 aliphatic heterocycles. The van der Waals surface area contributed by atoms with E-state index in [2.05, 4.69) is 22.8 Å². The first-order valence-electron chi connectivity index (χ1n) is 5.36. The smallest absolute Gasteiger partial charge is 0.00825 e. The molecule has 0 saturated heterocycles. The monoisotopic (exact) mass is 210 g/mol. The zero-order valence-corrected chi connectivity index (χ0v) is 9.22. The molecule has 2 atom stereocenters. The number of rotatable bonds is 4. The highest BCUT2D eigenvalue weighted by atomic mass is 32.1. The molecule has 1 aliphatic carbocycles. The third-order valence-electron chi connectivity index (χ3n) is 2.86. The van der Waals surface area contributed by atoms with Crippen molar-refractivity contribution in [1.82, 2.24) is 5.32 Å². The summed E-state index contributed by atoms with van der Waals surface area (Å²) in [5.41, 5.74) is 5.85. The van der Waals surface area contributed by atoms with Gasteiger partial charge in [-0.15, -0.1) is 11.3 Å². The third-order valence-corrected chi connectivity index (χ3v) is 3.79. The summed E-state index contributed by atoms with van der Waals surface area (Å²) in [6, 6.07) is 5.43. The van der Waals surface area contributed by atoms with Gasteiger partial charge in [0.25, 0.3) is 0 Å². The number of hydrogen-bond acceptors (Lipinski definition) is 3. The molecule has 1 aliphatic rings. The molecule has 2 nitrogen and oxygen atoms in total. The minimum absolute atomic E-state index is 0.439. The lowest BCUT2D eigenvalue weighted by atomic mass is 10.2. The lowest BCUT2D eigenvalue weighted by Crippen LogP contribution is -2.30. The Hall–Kier alpha value is -0.380. The van der Waals surface area contributed by atoms with Gasteiger partial charge in [0, 0.05) is 23.5 Å². The quantitative estimate of drug-likeness (QED) is 0.794. The van der Waals surface area contributed by atoms with Crippen molar-refractivity contribution in [2.45, 2.75) is 37.8 Å². The molecule has 3 heteroatoms. The topological polar surface area (TPSA) is 38.0 Å². The summed E-state index contributed by atoms with van der Waals surface area (Å²) < 4.78 is 0. The maximum Gasteiger partial charge on any atom is 0.00825 e. The van der Waals surface area contributed by atoms with Crippen molar-refractivity contribution in [3.05, 3.63) is 22.4 Å². The van der Waals surface area contributed by atoms with Crippen LogP contribution in [0.15, 0.2) is 17.5 Å². The van der Waals surface area contributed by atoms with E-state index in [1.165, 1.54) is 17.7 Å². The molecule has 1 saturated carbocycles. The van der Waals surface area contributed by atoms with Crippen LogP contribution in [0.4, 0.5) is 0 Å². The maximum absolute atomic E-state index is 5.85. The molecule has 1 aromatic rings. The molecule has 2 rings (SSSR count). The van der Waals surface area contributed by atoms with E-state index in [-0.39, 0.29) is 0 Å². The largest absolute Gasteiger partial charge is 0.328 e. The molecule has 1 heterocycles. The van der Waals surface area contributed by atoms with Crippen LogP contribution in [0.1, 0.15) is 24.1 Å². The molecule has 0 radical (unpaired) electrons. The fourth-order valence-electron chi connectivity index (χ4n) is 2.06. The van der Waals surface area contributed by atoms with Crippen molar-refractivity contribution in [3.63, 3.8) is 0 Å². The lowest BCUT2D eigenvalue weighted by molar-refractivity contribution is 0.521. The standard InChI is InChI=1S/C11H18N2S/c12-9-3-4-10(8-9)13-6-5-11-2-1-7-14-11/h1-2,7,9-10,13H,3-6,8,12H2. The first kappa shape index (κ1) is 10.1. The Morgan fingerprint density at radius 3 is 3.07 bits per heavy atom. The van der Waals surface area contributed by atoms with E-state index in [9.17, 15) is 0 Å². The van der Waals surface area contributed by atoms with Crippen LogP contribution in [0.2, 0.25) is 0 Å². The van der Waals surface area contributed by atoms with E-state index >= 15 is 0 Å². The van der Waals surface area contributed by atoms with Gasteiger partial charge in [-0.25, -0.2) is 0 Å². The maximum atomic E-state index is 5.85. The highest BCUT2D eigenvalue weighted by Crippen LogP contribution is 2.17. The van der Waals surface area contributed by atoms with E-state index in [4.69, 9.17) is 5.73 Å². The summed E-state index contributed by atoms with van der Waals surface area (Å²) in [6.07, 6.45) is 4.76. The van der Waals surface area contributed by atoms with E-state index in [0.29, 0.717) is 12.1 Å². The average Bonchev–Trinajstić information content (AvgIpc) is 2.77. The van der Waals surface area contributed by atoms with Crippen molar-refractivity contribution < 1.29 is 0 Å². The van der Waals surface area contributed by atoms with Gasteiger partial charge in [-0.1, -0.05) is 6.07 Å². The van der Waals surface area contributed by atoms with Crippen LogP contribution in [0.3, 0.4) is 0 Å². The predicted octanol–water partition coefficient (Wildman–Crippen LogP) is 1.76. The molecule has 14 heavy (non-hydrogen) atoms. The van der Waals surface area contributed by atoms with Crippen LogP contribution in [-0.2, 0) is 6.42 Å². The molecule has 0 aromatic carbocycles. The minimum atomic E-state index is 0.439. The first-order valence-corrected chi connectivity index (χ1v) is 6.24. The SMILES string of the molecule is NC1CCC(NCCc2cccs2)C1. The average molecular weight is 210 g/mol. The Bertz CT molecular complexity index is 258. The summed E-state index contributed by atoms with van der Waals surface area (Å²) in [5, 5.41) is 5.72. The second-order valence-corrected chi connectivity index (χ2v) is 5.09. The van der Waals surface area contributed by atoms with Crippen LogP contribution in [-0.4, -0.2) is 18.6 Å². The number of hydrogen-bond donors (Lipinski definition) is 2. The molecule has 0 spiro atoms.